The van der Waals surface area contributed by atoms with Crippen molar-refractivity contribution in [3.05, 3.63) is 71.2 Å². The maximum absolute atomic E-state index is 13.1. The molecule has 1 aliphatic rings. The summed E-state index contributed by atoms with van der Waals surface area (Å²) in [5.74, 6) is -0.538. The van der Waals surface area contributed by atoms with E-state index in [9.17, 15) is 14.0 Å². The summed E-state index contributed by atoms with van der Waals surface area (Å²) in [6, 6.07) is 12.7. The highest BCUT2D eigenvalue weighted by Crippen LogP contribution is 2.24. The number of Topliss-reactive ketones (excluding diaryl/α,β-unsaturated/α-hetero) is 1. The number of rotatable bonds is 4. The first-order valence-corrected chi connectivity index (χ1v) is 7.70. The van der Waals surface area contributed by atoms with Gasteiger partial charge >= 0.3 is 0 Å². The number of anilines is 2. The summed E-state index contributed by atoms with van der Waals surface area (Å²) in [5.41, 5.74) is 3.40. The SMILES string of the molecule is CC1=C(Nc2ccc(C(=O)Nc3cccc(F)c3)cc2)CCC1=O. The zero-order chi connectivity index (χ0) is 17.1. The molecule has 2 aromatic rings. The van der Waals surface area contributed by atoms with E-state index in [-0.39, 0.29) is 11.7 Å². The molecule has 24 heavy (non-hydrogen) atoms. The molecule has 2 N–H and O–H groups in total. The van der Waals surface area contributed by atoms with Crippen molar-refractivity contribution >= 4 is 23.1 Å². The second kappa shape index (κ2) is 6.66. The number of amides is 1. The van der Waals surface area contributed by atoms with Gasteiger partial charge in [-0.25, -0.2) is 4.39 Å². The van der Waals surface area contributed by atoms with Crippen molar-refractivity contribution in [1.82, 2.24) is 0 Å². The number of hydrogen-bond donors (Lipinski definition) is 2. The standard InChI is InChI=1S/C19H17FN2O2/c1-12-17(9-10-18(12)23)21-15-7-5-13(6-8-15)19(24)22-16-4-2-3-14(20)11-16/h2-8,11,21H,9-10H2,1H3,(H,22,24). The van der Waals surface area contributed by atoms with Gasteiger partial charge < -0.3 is 10.6 Å². The van der Waals surface area contributed by atoms with Crippen molar-refractivity contribution in [2.45, 2.75) is 19.8 Å². The largest absolute Gasteiger partial charge is 0.359 e. The van der Waals surface area contributed by atoms with Gasteiger partial charge in [0, 0.05) is 34.6 Å². The van der Waals surface area contributed by atoms with E-state index in [1.807, 2.05) is 6.92 Å². The van der Waals surface area contributed by atoms with E-state index in [4.69, 9.17) is 0 Å². The fourth-order valence-electron chi connectivity index (χ4n) is 2.59. The Balaban J connectivity index is 1.68. The fourth-order valence-corrected chi connectivity index (χ4v) is 2.59. The Kier molecular flexibility index (Phi) is 4.42. The van der Waals surface area contributed by atoms with Crippen LogP contribution in [0.5, 0.6) is 0 Å². The van der Waals surface area contributed by atoms with Crippen LogP contribution in [0.2, 0.25) is 0 Å². The second-order valence-electron chi connectivity index (χ2n) is 5.69. The molecular weight excluding hydrogens is 307 g/mol. The number of carbonyl (C=O) groups is 2. The predicted molar refractivity (Wildman–Crippen MR) is 91.4 cm³/mol. The Morgan fingerprint density at radius 1 is 1.04 bits per heavy atom. The summed E-state index contributed by atoms with van der Waals surface area (Å²) in [7, 11) is 0. The monoisotopic (exact) mass is 324 g/mol. The molecule has 0 spiro atoms. The van der Waals surface area contributed by atoms with Crippen LogP contribution in [0.4, 0.5) is 15.8 Å². The molecule has 0 atom stereocenters. The first-order valence-electron chi connectivity index (χ1n) is 7.70. The summed E-state index contributed by atoms with van der Waals surface area (Å²) < 4.78 is 13.1. The lowest BCUT2D eigenvalue weighted by molar-refractivity contribution is -0.114. The Bertz CT molecular complexity index is 826. The summed E-state index contributed by atoms with van der Waals surface area (Å²) in [6.45, 7) is 1.82. The fraction of sp³-hybridized carbons (Fsp3) is 0.158. The van der Waals surface area contributed by atoms with Crippen LogP contribution >= 0.6 is 0 Å². The molecule has 2 aromatic carbocycles. The van der Waals surface area contributed by atoms with E-state index in [0.717, 1.165) is 17.0 Å². The molecule has 0 radical (unpaired) electrons. The predicted octanol–water partition coefficient (Wildman–Crippen LogP) is 4.13. The molecule has 3 rings (SSSR count). The second-order valence-corrected chi connectivity index (χ2v) is 5.69. The van der Waals surface area contributed by atoms with E-state index in [1.54, 1.807) is 30.3 Å². The van der Waals surface area contributed by atoms with Gasteiger partial charge in [-0.1, -0.05) is 6.07 Å². The van der Waals surface area contributed by atoms with E-state index < -0.39 is 5.82 Å². The zero-order valence-corrected chi connectivity index (χ0v) is 13.2. The van der Waals surface area contributed by atoms with Gasteiger partial charge in [-0.2, -0.15) is 0 Å². The van der Waals surface area contributed by atoms with Crippen LogP contribution in [0.3, 0.4) is 0 Å². The van der Waals surface area contributed by atoms with Gasteiger partial charge in [-0.15, -0.1) is 0 Å². The highest BCUT2D eigenvalue weighted by atomic mass is 19.1. The smallest absolute Gasteiger partial charge is 0.255 e. The molecule has 0 heterocycles. The third kappa shape index (κ3) is 3.51. The van der Waals surface area contributed by atoms with Gasteiger partial charge in [0.2, 0.25) is 0 Å². The minimum atomic E-state index is -0.401. The van der Waals surface area contributed by atoms with Crippen LogP contribution < -0.4 is 10.6 Å². The number of hydrogen-bond acceptors (Lipinski definition) is 3. The van der Waals surface area contributed by atoms with Gasteiger partial charge in [0.1, 0.15) is 5.82 Å². The summed E-state index contributed by atoms with van der Waals surface area (Å²) in [4.78, 5) is 23.7. The lowest BCUT2D eigenvalue weighted by Crippen LogP contribution is -2.12. The van der Waals surface area contributed by atoms with Gasteiger partial charge in [-0.05, 0) is 55.8 Å². The van der Waals surface area contributed by atoms with E-state index in [1.165, 1.54) is 18.2 Å². The zero-order valence-electron chi connectivity index (χ0n) is 13.2. The normalized spacial score (nSPS) is 14.0. The van der Waals surface area contributed by atoms with Gasteiger partial charge in [0.05, 0.1) is 0 Å². The van der Waals surface area contributed by atoms with E-state index in [2.05, 4.69) is 10.6 Å². The van der Waals surface area contributed by atoms with Crippen molar-refractivity contribution in [1.29, 1.82) is 0 Å². The Morgan fingerprint density at radius 2 is 1.79 bits per heavy atom. The van der Waals surface area contributed by atoms with Crippen LogP contribution in [-0.4, -0.2) is 11.7 Å². The quantitative estimate of drug-likeness (QED) is 0.889. The number of carbonyl (C=O) groups excluding carboxylic acids is 2. The maximum Gasteiger partial charge on any atom is 0.255 e. The third-order valence-corrected chi connectivity index (χ3v) is 4.00. The first kappa shape index (κ1) is 15.9. The van der Waals surface area contributed by atoms with Crippen molar-refractivity contribution in [2.24, 2.45) is 0 Å². The number of nitrogens with one attached hydrogen (secondary N) is 2. The molecule has 0 unspecified atom stereocenters. The summed E-state index contributed by atoms with van der Waals surface area (Å²) in [5, 5.41) is 5.87. The van der Waals surface area contributed by atoms with Gasteiger partial charge in [0.15, 0.2) is 5.78 Å². The molecular formula is C19H17FN2O2. The van der Waals surface area contributed by atoms with Crippen LogP contribution in [0.25, 0.3) is 0 Å². The number of ketones is 1. The van der Waals surface area contributed by atoms with Crippen LogP contribution in [0.15, 0.2) is 59.8 Å². The highest BCUT2D eigenvalue weighted by Gasteiger charge is 2.19. The molecule has 0 bridgehead atoms. The molecule has 0 fully saturated rings. The average molecular weight is 324 g/mol. The third-order valence-electron chi connectivity index (χ3n) is 4.00. The maximum atomic E-state index is 13.1. The van der Waals surface area contributed by atoms with Crippen molar-refractivity contribution in [2.75, 3.05) is 10.6 Å². The minimum absolute atomic E-state index is 0.170. The lowest BCUT2D eigenvalue weighted by Gasteiger charge is -2.09. The van der Waals surface area contributed by atoms with Gasteiger partial charge in [-0.3, -0.25) is 9.59 Å². The molecule has 0 saturated carbocycles. The molecule has 1 aliphatic carbocycles. The Hall–Kier alpha value is -2.95. The van der Waals surface area contributed by atoms with Crippen LogP contribution in [-0.2, 0) is 4.79 Å². The molecule has 0 aromatic heterocycles. The Labute approximate surface area is 139 Å². The number of benzene rings is 2. The van der Waals surface area contributed by atoms with Crippen LogP contribution in [0, 0.1) is 5.82 Å². The molecule has 0 aliphatic heterocycles. The number of allylic oxidation sites excluding steroid dienone is 2. The van der Waals surface area contributed by atoms with E-state index in [0.29, 0.717) is 24.1 Å². The minimum Gasteiger partial charge on any atom is -0.359 e. The molecule has 4 nitrogen and oxygen atoms in total. The average Bonchev–Trinajstić information content (AvgIpc) is 2.87. The van der Waals surface area contributed by atoms with Crippen molar-refractivity contribution < 1.29 is 14.0 Å². The van der Waals surface area contributed by atoms with Crippen molar-refractivity contribution in [3.8, 4) is 0 Å². The van der Waals surface area contributed by atoms with Gasteiger partial charge in [0.25, 0.3) is 5.91 Å². The lowest BCUT2D eigenvalue weighted by atomic mass is 10.1. The molecule has 1 amide bonds. The number of halogens is 1. The topological polar surface area (TPSA) is 58.2 Å². The molecule has 5 heteroatoms. The van der Waals surface area contributed by atoms with Crippen molar-refractivity contribution in [3.63, 3.8) is 0 Å². The highest BCUT2D eigenvalue weighted by molar-refractivity contribution is 6.04. The Morgan fingerprint density at radius 3 is 2.42 bits per heavy atom. The molecule has 122 valence electrons. The van der Waals surface area contributed by atoms with E-state index >= 15 is 0 Å². The first-order chi connectivity index (χ1) is 11.5. The summed E-state index contributed by atoms with van der Waals surface area (Å²) in [6.07, 6.45) is 1.26. The molecule has 0 saturated heterocycles. The van der Waals surface area contributed by atoms with Crippen LogP contribution in [0.1, 0.15) is 30.1 Å². The summed E-state index contributed by atoms with van der Waals surface area (Å²) >= 11 is 0.